The summed E-state index contributed by atoms with van der Waals surface area (Å²) in [6, 6.07) is 16.8. The summed E-state index contributed by atoms with van der Waals surface area (Å²) in [6.07, 6.45) is 4.80. The molecule has 1 aliphatic carbocycles. The van der Waals surface area contributed by atoms with Gasteiger partial charge in [-0.25, -0.2) is 14.4 Å². The minimum atomic E-state index is -1.52. The van der Waals surface area contributed by atoms with Crippen LogP contribution >= 0.6 is 0 Å². The predicted octanol–water partition coefficient (Wildman–Crippen LogP) is 2.83. The Balaban J connectivity index is 1.07. The first-order valence-electron chi connectivity index (χ1n) is 24.9. The number of fused-ring (bicyclic) bond motifs is 1. The van der Waals surface area contributed by atoms with Crippen molar-refractivity contribution in [3.05, 3.63) is 83.4 Å². The molecule has 0 spiro atoms. The molecule has 19 nitrogen and oxygen atoms in total. The fraction of sp³-hybridized carbons (Fsp3) is 0.549. The van der Waals surface area contributed by atoms with Crippen molar-refractivity contribution in [2.75, 3.05) is 65.4 Å². The Hall–Kier alpha value is -6.15. The van der Waals surface area contributed by atoms with E-state index >= 15 is 0 Å². The van der Waals surface area contributed by atoms with Gasteiger partial charge in [-0.05, 0) is 130 Å². The fourth-order valence-electron chi connectivity index (χ4n) is 8.86. The minimum absolute atomic E-state index is 0.0309. The van der Waals surface area contributed by atoms with Crippen molar-refractivity contribution in [2.45, 2.75) is 102 Å². The lowest BCUT2D eigenvalue weighted by atomic mass is 9.81. The highest BCUT2D eigenvalue weighted by molar-refractivity contribution is 5.94. The van der Waals surface area contributed by atoms with Gasteiger partial charge in [0, 0.05) is 70.1 Å². The first kappa shape index (κ1) is 54.8. The van der Waals surface area contributed by atoms with Crippen molar-refractivity contribution in [3.8, 4) is 0 Å². The monoisotopic (exact) mass is 972 g/mol. The number of hydrogen-bond acceptors (Lipinski definition) is 11. The number of hydrogen-bond donors (Lipinski definition) is 11. The standard InChI is InChI=1S/C51H73N9O10/c61-45(62)21-20-43(50(68)69)59-51(70)58-42(49(66)67)9-3-4-25-55-48(65)44(32-37-14-15-38-7-1-2-8-41(38)31-37)57-47(64)40-16-10-35(11-17-40)33-56-46(63)39-18-12-36(13-19-39)34-60-29-6-24-53-27-26-52-22-5-23-54-28-30-60/h1-2,7-8,12-15,18-19,31,35,40,42-44,52-54H,3-6,9-11,16-17,20-30,32-34H2,(H,55,65)(H,56,63)(H,57,64)(H,61,62)(H,66,67)(H,68,69)(H2,58,59,70)/t35-,40-,42-,43-,44-/m0/s1. The quantitative estimate of drug-likeness (QED) is 0.0647. The molecule has 0 aromatic heterocycles. The number of rotatable bonds is 22. The summed E-state index contributed by atoms with van der Waals surface area (Å²) in [6.45, 7) is 9.30. The van der Waals surface area contributed by atoms with Crippen LogP contribution in [0, 0.1) is 11.8 Å². The van der Waals surface area contributed by atoms with Gasteiger partial charge >= 0.3 is 23.9 Å². The Morgan fingerprint density at radius 3 is 1.96 bits per heavy atom. The molecule has 70 heavy (non-hydrogen) atoms. The molecule has 1 saturated heterocycles. The zero-order valence-corrected chi connectivity index (χ0v) is 40.1. The highest BCUT2D eigenvalue weighted by Crippen LogP contribution is 2.29. The van der Waals surface area contributed by atoms with Crippen LogP contribution in [0.4, 0.5) is 4.79 Å². The lowest BCUT2D eigenvalue weighted by Gasteiger charge is -2.29. The van der Waals surface area contributed by atoms with Crippen molar-refractivity contribution in [1.82, 2.24) is 47.4 Å². The van der Waals surface area contributed by atoms with Crippen LogP contribution in [0.2, 0.25) is 0 Å². The van der Waals surface area contributed by atoms with E-state index < -0.39 is 54.4 Å². The number of carbonyl (C=O) groups is 7. The van der Waals surface area contributed by atoms with Crippen LogP contribution in [-0.4, -0.2) is 145 Å². The number of carboxylic acid groups (broad SMARTS) is 3. The first-order chi connectivity index (χ1) is 33.8. The number of carbonyl (C=O) groups excluding carboxylic acids is 4. The highest BCUT2D eigenvalue weighted by atomic mass is 16.4. The third-order valence-electron chi connectivity index (χ3n) is 13.0. The molecule has 19 heteroatoms. The third-order valence-corrected chi connectivity index (χ3v) is 13.0. The van der Waals surface area contributed by atoms with Crippen LogP contribution in [-0.2, 0) is 36.9 Å². The van der Waals surface area contributed by atoms with Gasteiger partial charge in [-0.15, -0.1) is 0 Å². The largest absolute Gasteiger partial charge is 0.481 e. The van der Waals surface area contributed by atoms with Crippen LogP contribution in [0.3, 0.4) is 0 Å². The number of aliphatic carboxylic acids is 3. The molecule has 5 rings (SSSR count). The van der Waals surface area contributed by atoms with Crippen molar-refractivity contribution < 1.29 is 48.9 Å². The van der Waals surface area contributed by atoms with Gasteiger partial charge in [-0.1, -0.05) is 54.6 Å². The Morgan fingerprint density at radius 2 is 1.27 bits per heavy atom. The molecule has 11 N–H and O–H groups in total. The average molecular weight is 972 g/mol. The second-order valence-corrected chi connectivity index (χ2v) is 18.4. The Labute approximate surface area is 410 Å². The van der Waals surface area contributed by atoms with Crippen LogP contribution in [0.15, 0.2) is 66.7 Å². The number of carboxylic acids is 3. The van der Waals surface area contributed by atoms with E-state index in [0.29, 0.717) is 31.4 Å². The zero-order chi connectivity index (χ0) is 50.1. The second-order valence-electron chi connectivity index (χ2n) is 18.4. The average Bonchev–Trinajstić information content (AvgIpc) is 3.34. The zero-order valence-electron chi connectivity index (χ0n) is 40.1. The van der Waals surface area contributed by atoms with Crippen molar-refractivity contribution in [3.63, 3.8) is 0 Å². The first-order valence-corrected chi connectivity index (χ1v) is 24.9. The third kappa shape index (κ3) is 19.7. The molecule has 1 saturated carbocycles. The van der Waals surface area contributed by atoms with Crippen molar-refractivity contribution in [2.24, 2.45) is 11.8 Å². The summed E-state index contributed by atoms with van der Waals surface area (Å²) in [5.74, 6) is -4.87. The number of unbranched alkanes of at least 4 members (excludes halogenated alkanes) is 1. The summed E-state index contributed by atoms with van der Waals surface area (Å²) in [5, 5.41) is 53.8. The molecule has 3 aromatic rings. The molecule has 5 amide bonds. The SMILES string of the molecule is O=C(O)CC[C@H](NC(=O)N[C@@H](CCCCNC(=O)[C@H](Cc1ccc2ccccc2c1)NC(=O)[C@H]1CC[C@H](CNC(=O)c2ccc(CN3CCCNCCNCCCNCC3)cc2)CC1)C(=O)O)C(=O)O. The molecule has 382 valence electrons. The van der Waals surface area contributed by atoms with Crippen LogP contribution in [0.5, 0.6) is 0 Å². The number of nitrogens with zero attached hydrogens (tertiary/aromatic N) is 1. The molecule has 0 radical (unpaired) electrons. The molecule has 1 heterocycles. The van der Waals surface area contributed by atoms with Crippen LogP contribution in [0.1, 0.15) is 92.1 Å². The Kier molecular flexibility index (Phi) is 23.3. The molecule has 2 aliphatic rings. The summed E-state index contributed by atoms with van der Waals surface area (Å²) in [7, 11) is 0. The number of benzene rings is 3. The van der Waals surface area contributed by atoms with Gasteiger partial charge in [0.15, 0.2) is 0 Å². The maximum Gasteiger partial charge on any atom is 0.326 e. The van der Waals surface area contributed by atoms with Gasteiger partial charge in [0.25, 0.3) is 5.91 Å². The van der Waals surface area contributed by atoms with E-state index in [1.165, 1.54) is 0 Å². The molecule has 3 atom stereocenters. The van der Waals surface area contributed by atoms with E-state index in [-0.39, 0.29) is 55.9 Å². The van der Waals surface area contributed by atoms with Gasteiger partial charge in [0.2, 0.25) is 11.8 Å². The van der Waals surface area contributed by atoms with Gasteiger partial charge in [-0.2, -0.15) is 0 Å². The van der Waals surface area contributed by atoms with E-state index in [1.807, 2.05) is 66.7 Å². The minimum Gasteiger partial charge on any atom is -0.481 e. The van der Waals surface area contributed by atoms with E-state index in [0.717, 1.165) is 106 Å². The van der Waals surface area contributed by atoms with Crippen LogP contribution in [0.25, 0.3) is 10.8 Å². The maximum atomic E-state index is 13.8. The number of amides is 5. The highest BCUT2D eigenvalue weighted by Gasteiger charge is 2.30. The molecule has 1 aliphatic heterocycles. The Morgan fingerprint density at radius 1 is 0.629 bits per heavy atom. The van der Waals surface area contributed by atoms with Gasteiger partial charge in [-0.3, -0.25) is 24.1 Å². The van der Waals surface area contributed by atoms with E-state index in [2.05, 4.69) is 47.4 Å². The topological polar surface area (TPSA) is 280 Å². The molecular weight excluding hydrogens is 899 g/mol. The molecule has 0 unspecified atom stereocenters. The summed E-state index contributed by atoms with van der Waals surface area (Å²) in [4.78, 5) is 89.8. The lowest BCUT2D eigenvalue weighted by Crippen LogP contribution is -2.51. The van der Waals surface area contributed by atoms with E-state index in [4.69, 9.17) is 5.11 Å². The van der Waals surface area contributed by atoms with E-state index in [9.17, 15) is 43.8 Å². The number of nitrogens with one attached hydrogen (secondary N) is 8. The number of urea groups is 1. The summed E-state index contributed by atoms with van der Waals surface area (Å²) < 4.78 is 0. The Bertz CT molecular complexity index is 2150. The van der Waals surface area contributed by atoms with E-state index in [1.54, 1.807) is 0 Å². The maximum absolute atomic E-state index is 13.8. The molecule has 2 fully saturated rings. The normalized spacial score (nSPS) is 18.7. The smallest absolute Gasteiger partial charge is 0.326 e. The van der Waals surface area contributed by atoms with Gasteiger partial charge < -0.3 is 57.9 Å². The van der Waals surface area contributed by atoms with Gasteiger partial charge in [0.1, 0.15) is 18.1 Å². The molecular formula is C51H73N9O10. The van der Waals surface area contributed by atoms with Crippen molar-refractivity contribution >= 4 is 52.4 Å². The summed E-state index contributed by atoms with van der Waals surface area (Å²) >= 11 is 0. The van der Waals surface area contributed by atoms with Gasteiger partial charge in [0.05, 0.1) is 0 Å². The second kappa shape index (κ2) is 29.8. The fourth-order valence-corrected chi connectivity index (χ4v) is 8.86. The lowest BCUT2D eigenvalue weighted by molar-refractivity contribution is -0.141. The molecule has 3 aromatic carbocycles. The van der Waals surface area contributed by atoms with Crippen LogP contribution < -0.4 is 42.5 Å². The predicted molar refractivity (Wildman–Crippen MR) is 265 cm³/mol. The molecule has 0 bridgehead atoms. The van der Waals surface area contributed by atoms with Crippen molar-refractivity contribution in [1.29, 1.82) is 0 Å². The summed E-state index contributed by atoms with van der Waals surface area (Å²) in [5.41, 5.74) is 2.63.